The monoisotopic (exact) mass is 300 g/mol. The summed E-state index contributed by atoms with van der Waals surface area (Å²) in [7, 11) is -3.78. The van der Waals surface area contributed by atoms with Gasteiger partial charge in [0, 0.05) is 13.0 Å². The number of sulfonamides is 1. The number of carbonyl (C=O) groups excluding carboxylic acids is 1. The highest BCUT2D eigenvalue weighted by molar-refractivity contribution is 7.89. The molecule has 110 valence electrons. The van der Waals surface area contributed by atoms with E-state index in [1.807, 2.05) is 0 Å². The maximum Gasteiger partial charge on any atom is 0.240 e. The molecule has 7 heteroatoms. The van der Waals surface area contributed by atoms with Gasteiger partial charge >= 0.3 is 0 Å². The first-order valence-electron chi connectivity index (χ1n) is 6.28. The fourth-order valence-electron chi connectivity index (χ4n) is 2.15. The quantitative estimate of drug-likeness (QED) is 0.823. The Balaban J connectivity index is 2.12. The number of benzene rings is 1. The van der Waals surface area contributed by atoms with Crippen LogP contribution in [0.5, 0.6) is 0 Å². The molecule has 1 aromatic carbocycles. The van der Waals surface area contributed by atoms with Crippen LogP contribution in [0.25, 0.3) is 0 Å². The van der Waals surface area contributed by atoms with Gasteiger partial charge in [-0.05, 0) is 42.9 Å². The van der Waals surface area contributed by atoms with E-state index in [0.29, 0.717) is 5.56 Å². The highest BCUT2D eigenvalue weighted by atomic mass is 32.2. The molecule has 0 spiro atoms. The second-order valence-electron chi connectivity index (χ2n) is 5.38. The Hall–Kier alpha value is -1.47. The Bertz CT molecular complexity index is 639. The van der Waals surface area contributed by atoms with Crippen LogP contribution in [-0.2, 0) is 14.8 Å². The van der Waals surface area contributed by atoms with Crippen molar-refractivity contribution in [3.8, 4) is 0 Å². The molecule has 1 amide bonds. The Labute approximate surface area is 117 Å². The summed E-state index contributed by atoms with van der Waals surface area (Å²) in [5.41, 5.74) is 5.26. The molecule has 0 unspecified atom stereocenters. The summed E-state index contributed by atoms with van der Waals surface area (Å²) in [6.07, 6.45) is 1.69. The van der Waals surface area contributed by atoms with Crippen molar-refractivity contribution in [1.29, 1.82) is 0 Å². The number of carbonyl (C=O) groups is 1. The Morgan fingerprint density at radius 1 is 1.45 bits per heavy atom. The van der Waals surface area contributed by atoms with Gasteiger partial charge in [0.25, 0.3) is 0 Å². The predicted octanol–water partition coefficient (Wildman–Crippen LogP) is 1.07. The smallest absolute Gasteiger partial charge is 0.240 e. The first-order valence-corrected chi connectivity index (χ1v) is 7.77. The zero-order valence-corrected chi connectivity index (χ0v) is 12.0. The third-order valence-corrected chi connectivity index (χ3v) is 5.13. The van der Waals surface area contributed by atoms with Crippen molar-refractivity contribution in [3.05, 3.63) is 29.6 Å². The lowest BCUT2D eigenvalue weighted by atomic mass is 10.0. The molecule has 0 aromatic heterocycles. The zero-order valence-electron chi connectivity index (χ0n) is 11.1. The van der Waals surface area contributed by atoms with Crippen LogP contribution in [0.1, 0.15) is 24.8 Å². The SMILES string of the molecule is Cc1ccc(F)cc1S(=O)(=O)NCC1(CC(N)=O)CC1. The number of primary amides is 1. The third kappa shape index (κ3) is 3.34. The van der Waals surface area contributed by atoms with Crippen molar-refractivity contribution in [1.82, 2.24) is 4.72 Å². The van der Waals surface area contributed by atoms with Crippen LogP contribution in [0, 0.1) is 18.2 Å². The van der Waals surface area contributed by atoms with Crippen LogP contribution >= 0.6 is 0 Å². The molecule has 20 heavy (non-hydrogen) atoms. The first-order chi connectivity index (χ1) is 9.24. The number of rotatable bonds is 6. The van der Waals surface area contributed by atoms with Gasteiger partial charge < -0.3 is 5.73 Å². The molecule has 3 N–H and O–H groups in total. The van der Waals surface area contributed by atoms with Crippen molar-refractivity contribution < 1.29 is 17.6 Å². The Morgan fingerprint density at radius 3 is 2.65 bits per heavy atom. The largest absolute Gasteiger partial charge is 0.370 e. The van der Waals surface area contributed by atoms with Crippen molar-refractivity contribution in [2.24, 2.45) is 11.1 Å². The molecular weight excluding hydrogens is 283 g/mol. The van der Waals surface area contributed by atoms with E-state index in [0.717, 1.165) is 18.9 Å². The van der Waals surface area contributed by atoms with Crippen LogP contribution in [0.15, 0.2) is 23.1 Å². The summed E-state index contributed by atoms with van der Waals surface area (Å²) in [6.45, 7) is 1.75. The summed E-state index contributed by atoms with van der Waals surface area (Å²) in [5.74, 6) is -1.04. The fourth-order valence-corrected chi connectivity index (χ4v) is 3.56. The fraction of sp³-hybridized carbons (Fsp3) is 0.462. The van der Waals surface area contributed by atoms with Gasteiger partial charge in [0.05, 0.1) is 4.90 Å². The molecule has 1 aromatic rings. The minimum Gasteiger partial charge on any atom is -0.370 e. The van der Waals surface area contributed by atoms with Crippen molar-refractivity contribution >= 4 is 15.9 Å². The van der Waals surface area contributed by atoms with Gasteiger partial charge in [-0.15, -0.1) is 0 Å². The normalized spacial score (nSPS) is 16.9. The molecule has 1 saturated carbocycles. The van der Waals surface area contributed by atoms with Gasteiger partial charge in [0.1, 0.15) is 5.82 Å². The van der Waals surface area contributed by atoms with E-state index < -0.39 is 21.7 Å². The van der Waals surface area contributed by atoms with Gasteiger partial charge in [0.15, 0.2) is 0 Å². The van der Waals surface area contributed by atoms with E-state index in [2.05, 4.69) is 4.72 Å². The summed E-state index contributed by atoms with van der Waals surface area (Å²) in [5, 5.41) is 0. The average molecular weight is 300 g/mol. The number of hydrogen-bond acceptors (Lipinski definition) is 3. The number of nitrogens with two attached hydrogens (primary N) is 1. The molecule has 0 aliphatic heterocycles. The van der Waals surface area contributed by atoms with Crippen LogP contribution in [0.3, 0.4) is 0 Å². The molecule has 1 aliphatic rings. The number of amides is 1. The van der Waals surface area contributed by atoms with Crippen LogP contribution in [0.2, 0.25) is 0 Å². The molecule has 1 aliphatic carbocycles. The van der Waals surface area contributed by atoms with E-state index in [9.17, 15) is 17.6 Å². The third-order valence-electron chi connectivity index (χ3n) is 3.58. The number of nitrogens with one attached hydrogen (secondary N) is 1. The van der Waals surface area contributed by atoms with Crippen LogP contribution in [0.4, 0.5) is 4.39 Å². The summed E-state index contributed by atoms with van der Waals surface area (Å²) >= 11 is 0. The lowest BCUT2D eigenvalue weighted by Gasteiger charge is -2.15. The van der Waals surface area contributed by atoms with Crippen molar-refractivity contribution in [2.45, 2.75) is 31.1 Å². The first kappa shape index (κ1) is 14.9. The zero-order chi connectivity index (χ0) is 15.0. The van der Waals surface area contributed by atoms with E-state index in [1.165, 1.54) is 12.1 Å². The molecule has 1 fully saturated rings. The topological polar surface area (TPSA) is 89.3 Å². The average Bonchev–Trinajstić information content (AvgIpc) is 3.09. The lowest BCUT2D eigenvalue weighted by Crippen LogP contribution is -2.33. The van der Waals surface area contributed by atoms with E-state index in [-0.39, 0.29) is 23.3 Å². The molecule has 0 atom stereocenters. The minimum absolute atomic E-state index is 0.0765. The highest BCUT2D eigenvalue weighted by Gasteiger charge is 2.44. The van der Waals surface area contributed by atoms with Crippen LogP contribution < -0.4 is 10.5 Å². The second kappa shape index (κ2) is 5.14. The Morgan fingerprint density at radius 2 is 2.10 bits per heavy atom. The minimum atomic E-state index is -3.78. The lowest BCUT2D eigenvalue weighted by molar-refractivity contribution is -0.119. The molecule has 0 radical (unpaired) electrons. The maximum atomic E-state index is 13.2. The van der Waals surface area contributed by atoms with Crippen molar-refractivity contribution in [3.63, 3.8) is 0 Å². The number of aryl methyl sites for hydroxylation is 1. The standard InChI is InChI=1S/C13H17FN2O3S/c1-9-2-3-10(14)6-11(9)20(18,19)16-8-13(4-5-13)7-12(15)17/h2-3,6,16H,4-5,7-8H2,1H3,(H2,15,17). The molecule has 5 nitrogen and oxygen atoms in total. The highest BCUT2D eigenvalue weighted by Crippen LogP contribution is 2.48. The molecule has 0 heterocycles. The Kier molecular flexibility index (Phi) is 3.84. The van der Waals surface area contributed by atoms with E-state index in [1.54, 1.807) is 6.92 Å². The summed E-state index contributed by atoms with van der Waals surface area (Å²) in [6, 6.07) is 3.62. The predicted molar refractivity (Wildman–Crippen MR) is 71.8 cm³/mol. The van der Waals surface area contributed by atoms with E-state index in [4.69, 9.17) is 5.73 Å². The molecular formula is C13H17FN2O3S. The maximum absolute atomic E-state index is 13.2. The van der Waals surface area contributed by atoms with E-state index >= 15 is 0 Å². The number of hydrogen-bond donors (Lipinski definition) is 2. The summed E-state index contributed by atoms with van der Waals surface area (Å²) < 4.78 is 40.0. The second-order valence-corrected chi connectivity index (χ2v) is 7.11. The molecule has 0 saturated heterocycles. The van der Waals surface area contributed by atoms with Crippen LogP contribution in [-0.4, -0.2) is 20.9 Å². The van der Waals surface area contributed by atoms with Crippen molar-refractivity contribution in [2.75, 3.05) is 6.54 Å². The molecule has 0 bridgehead atoms. The summed E-state index contributed by atoms with van der Waals surface area (Å²) in [4.78, 5) is 10.9. The van der Waals surface area contributed by atoms with Gasteiger partial charge in [-0.3, -0.25) is 4.79 Å². The van der Waals surface area contributed by atoms with Gasteiger partial charge in [0.2, 0.25) is 15.9 Å². The van der Waals surface area contributed by atoms with Gasteiger partial charge in [-0.2, -0.15) is 0 Å². The van der Waals surface area contributed by atoms with Gasteiger partial charge in [-0.1, -0.05) is 6.07 Å². The van der Waals surface area contributed by atoms with Gasteiger partial charge in [-0.25, -0.2) is 17.5 Å². The number of halogens is 1. The molecule has 2 rings (SSSR count).